The molecule has 2 heteroatoms. The number of nitrogens with one attached hydrogen (secondary N) is 1. The van der Waals surface area contributed by atoms with Gasteiger partial charge in [-0.15, -0.1) is 0 Å². The van der Waals surface area contributed by atoms with Crippen molar-refractivity contribution in [3.63, 3.8) is 0 Å². The minimum Gasteiger partial charge on any atom is -0.388 e. The predicted molar refractivity (Wildman–Crippen MR) is 53.6 cm³/mol. The maximum atomic E-state index is 10.4. The molecular weight excluding hydrogens is 162 g/mol. The van der Waals surface area contributed by atoms with E-state index in [1.54, 1.807) is 0 Å². The average molecular weight is 183 g/mol. The molecule has 2 aliphatic rings. The van der Waals surface area contributed by atoms with Crippen molar-refractivity contribution >= 4 is 0 Å². The standard InChI is InChI=1S/C11H21NO/c13-11(7-4-8-12-9-11)10-5-2-1-3-6-10/h10,12-13H,1-9H2. The van der Waals surface area contributed by atoms with E-state index >= 15 is 0 Å². The molecule has 1 atom stereocenters. The maximum Gasteiger partial charge on any atom is 0.0800 e. The van der Waals surface area contributed by atoms with Gasteiger partial charge >= 0.3 is 0 Å². The number of rotatable bonds is 1. The van der Waals surface area contributed by atoms with Crippen molar-refractivity contribution in [2.45, 2.75) is 50.5 Å². The summed E-state index contributed by atoms with van der Waals surface area (Å²) in [5, 5.41) is 13.8. The molecular formula is C11H21NO. The summed E-state index contributed by atoms with van der Waals surface area (Å²) < 4.78 is 0. The van der Waals surface area contributed by atoms with E-state index in [4.69, 9.17) is 0 Å². The summed E-state index contributed by atoms with van der Waals surface area (Å²) in [7, 11) is 0. The van der Waals surface area contributed by atoms with Gasteiger partial charge in [0.15, 0.2) is 0 Å². The highest BCUT2D eigenvalue weighted by Crippen LogP contribution is 2.36. The van der Waals surface area contributed by atoms with Crippen molar-refractivity contribution in [1.29, 1.82) is 0 Å². The topological polar surface area (TPSA) is 32.3 Å². The third-order valence-corrected chi connectivity index (χ3v) is 3.76. The van der Waals surface area contributed by atoms with Crippen LogP contribution in [0.2, 0.25) is 0 Å². The molecule has 76 valence electrons. The zero-order valence-electron chi connectivity index (χ0n) is 8.39. The number of hydrogen-bond acceptors (Lipinski definition) is 2. The normalized spacial score (nSPS) is 37.6. The third-order valence-electron chi connectivity index (χ3n) is 3.76. The van der Waals surface area contributed by atoms with Crippen molar-refractivity contribution in [3.8, 4) is 0 Å². The lowest BCUT2D eigenvalue weighted by atomic mass is 9.73. The van der Waals surface area contributed by atoms with Gasteiger partial charge in [-0.05, 0) is 38.1 Å². The highest BCUT2D eigenvalue weighted by Gasteiger charge is 2.37. The zero-order chi connectivity index (χ0) is 9.15. The Morgan fingerprint density at radius 3 is 2.46 bits per heavy atom. The second-order valence-corrected chi connectivity index (χ2v) is 4.72. The van der Waals surface area contributed by atoms with Gasteiger partial charge in [-0.2, -0.15) is 0 Å². The van der Waals surface area contributed by atoms with Gasteiger partial charge in [-0.25, -0.2) is 0 Å². The van der Waals surface area contributed by atoms with Crippen LogP contribution in [0.1, 0.15) is 44.9 Å². The lowest BCUT2D eigenvalue weighted by Gasteiger charge is -2.41. The molecule has 0 aromatic carbocycles. The van der Waals surface area contributed by atoms with Crippen LogP contribution in [-0.4, -0.2) is 23.8 Å². The molecule has 1 unspecified atom stereocenters. The van der Waals surface area contributed by atoms with Gasteiger partial charge in [0.25, 0.3) is 0 Å². The molecule has 2 N–H and O–H groups in total. The van der Waals surface area contributed by atoms with E-state index in [1.807, 2.05) is 0 Å². The molecule has 0 spiro atoms. The predicted octanol–water partition coefficient (Wildman–Crippen LogP) is 1.68. The molecule has 0 aromatic rings. The van der Waals surface area contributed by atoms with Gasteiger partial charge in [-0.1, -0.05) is 19.3 Å². The summed E-state index contributed by atoms with van der Waals surface area (Å²) in [6.07, 6.45) is 8.69. The Labute approximate surface area is 80.7 Å². The number of hydrogen-bond donors (Lipinski definition) is 2. The van der Waals surface area contributed by atoms with Crippen LogP contribution in [0, 0.1) is 5.92 Å². The Bertz CT molecular complexity index is 157. The molecule has 1 saturated carbocycles. The number of β-amino-alcohol motifs (C(OH)–C–C–N with tert-alkyl or cyclic N) is 1. The summed E-state index contributed by atoms with van der Waals surface area (Å²) in [5.74, 6) is 0.578. The van der Waals surface area contributed by atoms with Crippen LogP contribution in [0.15, 0.2) is 0 Å². The van der Waals surface area contributed by atoms with Gasteiger partial charge in [0, 0.05) is 6.54 Å². The average Bonchev–Trinajstić information content (AvgIpc) is 2.20. The summed E-state index contributed by atoms with van der Waals surface area (Å²) in [5.41, 5.74) is -0.362. The van der Waals surface area contributed by atoms with E-state index in [2.05, 4.69) is 5.32 Å². The van der Waals surface area contributed by atoms with Gasteiger partial charge in [-0.3, -0.25) is 0 Å². The van der Waals surface area contributed by atoms with Crippen molar-refractivity contribution in [2.75, 3.05) is 13.1 Å². The molecule has 13 heavy (non-hydrogen) atoms. The number of piperidine rings is 1. The van der Waals surface area contributed by atoms with Gasteiger partial charge in [0.05, 0.1) is 5.60 Å². The molecule has 1 saturated heterocycles. The van der Waals surface area contributed by atoms with Crippen molar-refractivity contribution < 1.29 is 5.11 Å². The smallest absolute Gasteiger partial charge is 0.0800 e. The molecule has 0 radical (unpaired) electrons. The fraction of sp³-hybridized carbons (Fsp3) is 1.00. The molecule has 2 rings (SSSR count). The number of aliphatic hydroxyl groups is 1. The third kappa shape index (κ3) is 2.05. The molecule has 1 aliphatic carbocycles. The van der Waals surface area contributed by atoms with E-state index in [0.29, 0.717) is 5.92 Å². The van der Waals surface area contributed by atoms with Crippen LogP contribution < -0.4 is 5.32 Å². The molecule has 0 amide bonds. The van der Waals surface area contributed by atoms with Gasteiger partial charge < -0.3 is 10.4 Å². The fourth-order valence-corrected chi connectivity index (χ4v) is 2.90. The van der Waals surface area contributed by atoms with Crippen LogP contribution >= 0.6 is 0 Å². The Hall–Kier alpha value is -0.0800. The first-order valence-corrected chi connectivity index (χ1v) is 5.74. The second kappa shape index (κ2) is 3.97. The van der Waals surface area contributed by atoms with E-state index in [0.717, 1.165) is 25.9 Å². The van der Waals surface area contributed by atoms with Crippen molar-refractivity contribution in [1.82, 2.24) is 5.32 Å². The largest absolute Gasteiger partial charge is 0.388 e. The van der Waals surface area contributed by atoms with Crippen LogP contribution in [-0.2, 0) is 0 Å². The summed E-state index contributed by atoms with van der Waals surface area (Å²) in [6, 6.07) is 0. The Morgan fingerprint density at radius 2 is 1.85 bits per heavy atom. The second-order valence-electron chi connectivity index (χ2n) is 4.72. The van der Waals surface area contributed by atoms with Crippen LogP contribution in [0.3, 0.4) is 0 Å². The molecule has 2 nitrogen and oxygen atoms in total. The summed E-state index contributed by atoms with van der Waals surface area (Å²) >= 11 is 0. The first-order chi connectivity index (χ1) is 6.31. The lowest BCUT2D eigenvalue weighted by Crippen LogP contribution is -2.51. The monoisotopic (exact) mass is 183 g/mol. The van der Waals surface area contributed by atoms with E-state index < -0.39 is 0 Å². The van der Waals surface area contributed by atoms with Crippen molar-refractivity contribution in [2.24, 2.45) is 5.92 Å². The highest BCUT2D eigenvalue weighted by atomic mass is 16.3. The van der Waals surface area contributed by atoms with E-state index in [1.165, 1.54) is 32.1 Å². The molecule has 0 aromatic heterocycles. The zero-order valence-corrected chi connectivity index (χ0v) is 8.39. The molecule has 1 aliphatic heterocycles. The first-order valence-electron chi connectivity index (χ1n) is 5.74. The van der Waals surface area contributed by atoms with E-state index in [-0.39, 0.29) is 5.60 Å². The van der Waals surface area contributed by atoms with Crippen LogP contribution in [0.5, 0.6) is 0 Å². The van der Waals surface area contributed by atoms with Gasteiger partial charge in [0.2, 0.25) is 0 Å². The molecule has 2 fully saturated rings. The quantitative estimate of drug-likeness (QED) is 0.648. The highest BCUT2D eigenvalue weighted by molar-refractivity contribution is 4.92. The summed E-state index contributed by atoms with van der Waals surface area (Å²) in [4.78, 5) is 0. The fourth-order valence-electron chi connectivity index (χ4n) is 2.90. The summed E-state index contributed by atoms with van der Waals surface area (Å²) in [6.45, 7) is 1.92. The Balaban J connectivity index is 1.94. The minimum atomic E-state index is -0.362. The molecule has 0 bridgehead atoms. The van der Waals surface area contributed by atoms with E-state index in [9.17, 15) is 5.11 Å². The Morgan fingerprint density at radius 1 is 1.08 bits per heavy atom. The maximum absolute atomic E-state index is 10.4. The van der Waals surface area contributed by atoms with Gasteiger partial charge in [0.1, 0.15) is 0 Å². The Kier molecular flexibility index (Phi) is 2.89. The first kappa shape index (κ1) is 9.47. The SMILES string of the molecule is OC1(C2CCCCC2)CCCNC1. The van der Waals surface area contributed by atoms with Crippen LogP contribution in [0.4, 0.5) is 0 Å². The van der Waals surface area contributed by atoms with Crippen LogP contribution in [0.25, 0.3) is 0 Å². The lowest BCUT2D eigenvalue weighted by molar-refractivity contribution is -0.0501. The molecule has 1 heterocycles. The minimum absolute atomic E-state index is 0.362. The van der Waals surface area contributed by atoms with Crippen molar-refractivity contribution in [3.05, 3.63) is 0 Å².